The Morgan fingerprint density at radius 3 is 2.58 bits per heavy atom. The zero-order chi connectivity index (χ0) is 17.2. The van der Waals surface area contributed by atoms with E-state index in [-0.39, 0.29) is 11.9 Å². The smallest absolute Gasteiger partial charge is 0.343 e. The number of hydrogen-bond acceptors (Lipinski definition) is 4. The number of rotatable bonds is 4. The normalized spacial score (nSPS) is 23.0. The van der Waals surface area contributed by atoms with Gasteiger partial charge in [-0.1, -0.05) is 42.0 Å². The van der Waals surface area contributed by atoms with Crippen molar-refractivity contribution in [2.45, 2.75) is 24.9 Å². The first kappa shape index (κ1) is 16.5. The van der Waals surface area contributed by atoms with E-state index < -0.39 is 5.60 Å². The standard InChI is InChI=1S/C20H22O4/c1-14-9-10-18(22-2)17(11-14)20(19(21)23-3)12-16(13-24-20)15-7-5-4-6-8-15/h4-11,16H,12-13H2,1-3H3/t16?,20-/m1/s1. The Morgan fingerprint density at radius 1 is 1.17 bits per heavy atom. The van der Waals surface area contributed by atoms with Crippen molar-refractivity contribution in [3.63, 3.8) is 0 Å². The van der Waals surface area contributed by atoms with Crippen molar-refractivity contribution in [3.05, 3.63) is 65.2 Å². The van der Waals surface area contributed by atoms with E-state index in [1.54, 1.807) is 7.11 Å². The number of hydrogen-bond donors (Lipinski definition) is 0. The Labute approximate surface area is 142 Å². The van der Waals surface area contributed by atoms with Gasteiger partial charge in [0.1, 0.15) is 5.75 Å². The molecule has 1 fully saturated rings. The molecule has 2 atom stereocenters. The molecule has 0 bridgehead atoms. The van der Waals surface area contributed by atoms with Crippen LogP contribution in [0.15, 0.2) is 48.5 Å². The minimum absolute atomic E-state index is 0.135. The Balaban J connectivity index is 2.05. The molecule has 0 saturated carbocycles. The minimum atomic E-state index is -1.13. The molecule has 0 aliphatic carbocycles. The summed E-state index contributed by atoms with van der Waals surface area (Å²) >= 11 is 0. The first-order chi connectivity index (χ1) is 11.6. The average molecular weight is 326 g/mol. The lowest BCUT2D eigenvalue weighted by atomic mass is 9.83. The highest BCUT2D eigenvalue weighted by Crippen LogP contribution is 2.47. The van der Waals surface area contributed by atoms with Crippen LogP contribution in [0, 0.1) is 6.92 Å². The van der Waals surface area contributed by atoms with Gasteiger partial charge in [-0.25, -0.2) is 4.79 Å². The third-order valence-electron chi connectivity index (χ3n) is 4.64. The molecule has 2 aromatic rings. The summed E-state index contributed by atoms with van der Waals surface area (Å²) in [6.07, 6.45) is 0.531. The van der Waals surface area contributed by atoms with Gasteiger partial charge in [0.2, 0.25) is 0 Å². The van der Waals surface area contributed by atoms with Gasteiger partial charge in [-0.05, 0) is 24.6 Å². The monoisotopic (exact) mass is 326 g/mol. The Hall–Kier alpha value is -2.33. The van der Waals surface area contributed by atoms with Crippen LogP contribution in [0.1, 0.15) is 29.0 Å². The fourth-order valence-corrected chi connectivity index (χ4v) is 3.39. The van der Waals surface area contributed by atoms with E-state index >= 15 is 0 Å². The average Bonchev–Trinajstić information content (AvgIpc) is 3.08. The maximum Gasteiger partial charge on any atom is 0.343 e. The molecule has 0 radical (unpaired) electrons. The molecular formula is C20H22O4. The molecule has 1 aliphatic rings. The largest absolute Gasteiger partial charge is 0.496 e. The third-order valence-corrected chi connectivity index (χ3v) is 4.64. The van der Waals surface area contributed by atoms with Crippen molar-refractivity contribution in [1.82, 2.24) is 0 Å². The summed E-state index contributed by atoms with van der Waals surface area (Å²) in [6, 6.07) is 15.9. The number of esters is 1. The van der Waals surface area contributed by atoms with E-state index in [0.717, 1.165) is 16.7 Å². The summed E-state index contributed by atoms with van der Waals surface area (Å²) in [4.78, 5) is 12.7. The molecule has 1 heterocycles. The molecule has 0 aromatic heterocycles. The second kappa shape index (κ2) is 6.65. The highest BCUT2D eigenvalue weighted by molar-refractivity contribution is 5.83. The number of methoxy groups -OCH3 is 2. The van der Waals surface area contributed by atoms with Crippen molar-refractivity contribution in [2.24, 2.45) is 0 Å². The Bertz CT molecular complexity index is 726. The predicted molar refractivity (Wildman–Crippen MR) is 91.2 cm³/mol. The molecule has 0 amide bonds. The molecule has 1 saturated heterocycles. The molecule has 3 rings (SSSR count). The van der Waals surface area contributed by atoms with E-state index in [2.05, 4.69) is 12.1 Å². The van der Waals surface area contributed by atoms with Gasteiger partial charge in [0.25, 0.3) is 0 Å². The molecule has 24 heavy (non-hydrogen) atoms. The van der Waals surface area contributed by atoms with Crippen LogP contribution >= 0.6 is 0 Å². The lowest BCUT2D eigenvalue weighted by molar-refractivity contribution is -0.165. The van der Waals surface area contributed by atoms with Gasteiger partial charge in [-0.3, -0.25) is 0 Å². The number of carbonyl (C=O) groups is 1. The lowest BCUT2D eigenvalue weighted by Crippen LogP contribution is -2.36. The number of aryl methyl sites for hydroxylation is 1. The van der Waals surface area contributed by atoms with E-state index in [9.17, 15) is 4.79 Å². The molecule has 4 heteroatoms. The summed E-state index contributed by atoms with van der Waals surface area (Å²) in [5.41, 5.74) is 1.80. The van der Waals surface area contributed by atoms with Gasteiger partial charge in [0.05, 0.1) is 20.8 Å². The first-order valence-electron chi connectivity index (χ1n) is 8.03. The Morgan fingerprint density at radius 2 is 1.92 bits per heavy atom. The van der Waals surface area contributed by atoms with E-state index in [1.807, 2.05) is 43.3 Å². The van der Waals surface area contributed by atoms with Gasteiger partial charge < -0.3 is 14.2 Å². The quantitative estimate of drug-likeness (QED) is 0.806. The van der Waals surface area contributed by atoms with Crippen molar-refractivity contribution < 1.29 is 19.0 Å². The summed E-state index contributed by atoms with van der Waals surface area (Å²) in [5.74, 6) is 0.389. The van der Waals surface area contributed by atoms with Crippen molar-refractivity contribution >= 4 is 5.97 Å². The highest BCUT2D eigenvalue weighted by Gasteiger charge is 2.51. The second-order valence-corrected chi connectivity index (χ2v) is 6.15. The summed E-state index contributed by atoms with van der Waals surface area (Å²) in [7, 11) is 2.99. The molecule has 1 aliphatic heterocycles. The zero-order valence-electron chi connectivity index (χ0n) is 14.2. The molecule has 126 valence electrons. The lowest BCUT2D eigenvalue weighted by Gasteiger charge is -2.28. The van der Waals surface area contributed by atoms with Gasteiger partial charge >= 0.3 is 5.97 Å². The maximum atomic E-state index is 12.7. The first-order valence-corrected chi connectivity index (χ1v) is 8.03. The fourth-order valence-electron chi connectivity index (χ4n) is 3.39. The summed E-state index contributed by atoms with van der Waals surface area (Å²) in [6.45, 7) is 2.45. The van der Waals surface area contributed by atoms with E-state index in [0.29, 0.717) is 18.8 Å². The number of ether oxygens (including phenoxy) is 3. The van der Waals surface area contributed by atoms with Gasteiger partial charge in [0, 0.05) is 17.9 Å². The van der Waals surface area contributed by atoms with Crippen LogP contribution < -0.4 is 4.74 Å². The van der Waals surface area contributed by atoms with Crippen LogP contribution in [0.2, 0.25) is 0 Å². The van der Waals surface area contributed by atoms with Crippen LogP contribution in [-0.4, -0.2) is 26.8 Å². The summed E-state index contributed by atoms with van der Waals surface area (Å²) in [5, 5.41) is 0. The van der Waals surface area contributed by atoms with E-state index in [4.69, 9.17) is 14.2 Å². The predicted octanol–water partition coefficient (Wildman–Crippen LogP) is 3.58. The van der Waals surface area contributed by atoms with Crippen molar-refractivity contribution in [2.75, 3.05) is 20.8 Å². The molecular weight excluding hydrogens is 304 g/mol. The fraction of sp³-hybridized carbons (Fsp3) is 0.350. The van der Waals surface area contributed by atoms with Crippen LogP contribution in [0.5, 0.6) is 5.75 Å². The molecule has 0 N–H and O–H groups in total. The zero-order valence-corrected chi connectivity index (χ0v) is 14.2. The van der Waals surface area contributed by atoms with E-state index in [1.165, 1.54) is 7.11 Å². The summed E-state index contributed by atoms with van der Waals surface area (Å²) < 4.78 is 16.7. The minimum Gasteiger partial charge on any atom is -0.496 e. The number of benzene rings is 2. The highest BCUT2D eigenvalue weighted by atomic mass is 16.6. The van der Waals surface area contributed by atoms with Crippen molar-refractivity contribution in [1.29, 1.82) is 0 Å². The van der Waals surface area contributed by atoms with Crippen LogP contribution in [0.4, 0.5) is 0 Å². The topological polar surface area (TPSA) is 44.8 Å². The van der Waals surface area contributed by atoms with Crippen LogP contribution in [0.3, 0.4) is 0 Å². The van der Waals surface area contributed by atoms with Gasteiger partial charge in [0.15, 0.2) is 5.60 Å². The van der Waals surface area contributed by atoms with Crippen LogP contribution in [0.25, 0.3) is 0 Å². The maximum absolute atomic E-state index is 12.7. The molecule has 4 nitrogen and oxygen atoms in total. The molecule has 1 unspecified atom stereocenters. The molecule has 0 spiro atoms. The molecule has 2 aromatic carbocycles. The third kappa shape index (κ3) is 2.78. The second-order valence-electron chi connectivity index (χ2n) is 6.15. The van der Waals surface area contributed by atoms with Crippen LogP contribution in [-0.2, 0) is 19.9 Å². The van der Waals surface area contributed by atoms with Gasteiger partial charge in [-0.15, -0.1) is 0 Å². The SMILES string of the molecule is COC(=O)[C@]1(c2cc(C)ccc2OC)CC(c2ccccc2)CO1. The Kier molecular flexibility index (Phi) is 4.58. The number of carbonyl (C=O) groups excluding carboxylic acids is 1. The van der Waals surface area contributed by atoms with Gasteiger partial charge in [-0.2, -0.15) is 0 Å². The van der Waals surface area contributed by atoms with Crippen molar-refractivity contribution in [3.8, 4) is 5.75 Å².